The number of fused-ring (bicyclic) bond motifs is 2. The molecule has 0 heterocycles. The van der Waals surface area contributed by atoms with Crippen LogP contribution in [0.3, 0.4) is 0 Å². The van der Waals surface area contributed by atoms with Crippen molar-refractivity contribution in [1.82, 2.24) is 0 Å². The predicted molar refractivity (Wildman–Crippen MR) is 350 cm³/mol. The van der Waals surface area contributed by atoms with Crippen molar-refractivity contribution in [2.24, 2.45) is 0 Å². The van der Waals surface area contributed by atoms with E-state index >= 15 is 0 Å². The monoisotopic (exact) mass is 1140 g/mol. The van der Waals surface area contributed by atoms with E-state index in [0.717, 1.165) is 12.8 Å². The van der Waals surface area contributed by atoms with Gasteiger partial charge in [0.05, 0.1) is 0 Å². The fourth-order valence-corrected chi connectivity index (χ4v) is 33.4. The molecule has 0 fully saturated rings. The zero-order valence-electron chi connectivity index (χ0n) is 51.4. The van der Waals surface area contributed by atoms with Crippen molar-refractivity contribution in [3.63, 3.8) is 0 Å². The Morgan fingerprint density at radius 1 is 0.350 bits per heavy atom. The molecule has 0 aliphatic heterocycles. The molecule has 410 valence electrons. The number of rotatable bonds is 12. The summed E-state index contributed by atoms with van der Waals surface area (Å²) in [7, 11) is 0. The molecular formula is C78H90SiZr. The Morgan fingerprint density at radius 3 is 0.863 bits per heavy atom. The van der Waals surface area contributed by atoms with Gasteiger partial charge in [-0.3, -0.25) is 0 Å². The molecule has 0 bridgehead atoms. The van der Waals surface area contributed by atoms with Crippen LogP contribution >= 0.6 is 0 Å². The molecule has 10 rings (SSSR count). The van der Waals surface area contributed by atoms with Crippen molar-refractivity contribution in [1.29, 1.82) is 0 Å². The zero-order valence-corrected chi connectivity index (χ0v) is 55.3. The fourth-order valence-electron chi connectivity index (χ4n) is 13.9. The summed E-state index contributed by atoms with van der Waals surface area (Å²) in [6.45, 7) is 35.5. The molecule has 2 heteroatoms. The molecule has 80 heavy (non-hydrogen) atoms. The van der Waals surface area contributed by atoms with Crippen LogP contribution in [-0.4, -0.2) is 6.88 Å². The summed E-state index contributed by atoms with van der Waals surface area (Å²) in [6.07, 6.45) is 7.47. The number of hydrogen-bond donors (Lipinski definition) is 0. The third-order valence-electron chi connectivity index (χ3n) is 18.5. The second kappa shape index (κ2) is 21.3. The molecule has 8 aromatic carbocycles. The van der Waals surface area contributed by atoms with Crippen molar-refractivity contribution in [2.75, 3.05) is 0 Å². The van der Waals surface area contributed by atoms with Gasteiger partial charge in [-0.2, -0.15) is 0 Å². The van der Waals surface area contributed by atoms with Crippen LogP contribution in [0.1, 0.15) is 184 Å². The van der Waals surface area contributed by atoms with E-state index in [2.05, 4.69) is 307 Å². The summed E-state index contributed by atoms with van der Waals surface area (Å²) >= 11 is -4.59. The first-order valence-electron chi connectivity index (χ1n) is 29.9. The summed E-state index contributed by atoms with van der Waals surface area (Å²) in [5, 5.41) is 0. The van der Waals surface area contributed by atoms with Gasteiger partial charge in [0.2, 0.25) is 0 Å². The van der Waals surface area contributed by atoms with Crippen molar-refractivity contribution in [3.05, 3.63) is 249 Å². The Bertz CT molecular complexity index is 3440. The summed E-state index contributed by atoms with van der Waals surface area (Å²) < 4.78 is 6.30. The van der Waals surface area contributed by atoms with Crippen LogP contribution in [0.4, 0.5) is 0 Å². The van der Waals surface area contributed by atoms with Gasteiger partial charge in [-0.05, 0) is 0 Å². The summed E-state index contributed by atoms with van der Waals surface area (Å²) in [5.74, 6) is 0.668. The van der Waals surface area contributed by atoms with E-state index in [0.29, 0.717) is 11.8 Å². The topological polar surface area (TPSA) is 0 Å². The van der Waals surface area contributed by atoms with Crippen LogP contribution in [-0.2, 0) is 39.1 Å². The second-order valence-corrected chi connectivity index (χ2v) is 60.0. The standard InChI is InChI=1S/2C38H41.2CH3.H2Si.Zr/c2*1-26(28-11-9-8-10-12-28)23-27-24-35-33(29-13-17-31(18-14-29)37(2,3)4)21-22-34(36(35)25-27)30-15-19-32(20-16-30)38(5,6)7;;;;/h2*8-22,24-26H,23H2,1-7H3;2*1H3;1H2;. The molecule has 4 atom stereocenters. The average Bonchev–Trinajstić information content (AvgIpc) is 3.92. The average molecular weight is 1150 g/mol. The van der Waals surface area contributed by atoms with Crippen LogP contribution in [0.15, 0.2) is 193 Å². The number of allylic oxidation sites excluding steroid dienone is 2. The summed E-state index contributed by atoms with van der Waals surface area (Å²) in [4.78, 5) is 0. The van der Waals surface area contributed by atoms with E-state index in [1.807, 2.05) is 0 Å². The van der Waals surface area contributed by atoms with Gasteiger partial charge in [0, 0.05) is 0 Å². The van der Waals surface area contributed by atoms with Gasteiger partial charge in [-0.25, -0.2) is 0 Å². The normalized spacial score (nSPS) is 16.7. The SMILES string of the molecule is CC(CC1=Cc2c(-c3ccc(C(C)(C)C)cc3)ccc(-c3ccc(C(C)(C)C)cc3)c2[CH]1[Zr]([CH3])([CH3])(=[SiH2])[CH]1C(CC(C)c2ccccc2)=Cc2c(-c3ccc(C(C)(C)C)cc3)ccc(-c3ccc(C(C)(C)C)cc3)c21)c1ccccc1. The summed E-state index contributed by atoms with van der Waals surface area (Å²) in [5.41, 5.74) is 28.4. The van der Waals surface area contributed by atoms with Crippen molar-refractivity contribution in [2.45, 2.75) is 160 Å². The van der Waals surface area contributed by atoms with Gasteiger partial charge >= 0.3 is 489 Å². The molecule has 0 nitrogen and oxygen atoms in total. The van der Waals surface area contributed by atoms with Crippen molar-refractivity contribution in [3.8, 4) is 44.5 Å². The second-order valence-electron chi connectivity index (χ2n) is 29.6. The van der Waals surface area contributed by atoms with Crippen molar-refractivity contribution < 1.29 is 17.4 Å². The number of hydrogen-bond acceptors (Lipinski definition) is 0. The van der Waals surface area contributed by atoms with E-state index in [-0.39, 0.29) is 28.9 Å². The quantitative estimate of drug-likeness (QED) is 0.107. The molecule has 0 radical (unpaired) electrons. The molecule has 2 aliphatic rings. The first kappa shape index (κ1) is 57.6. The van der Waals surface area contributed by atoms with Crippen LogP contribution in [0, 0.1) is 0 Å². The predicted octanol–water partition coefficient (Wildman–Crippen LogP) is 21.8. The van der Waals surface area contributed by atoms with Gasteiger partial charge in [-0.1, -0.05) is 0 Å². The Labute approximate surface area is 485 Å². The Balaban J connectivity index is 1.28. The van der Waals surface area contributed by atoms with Crippen LogP contribution in [0.25, 0.3) is 56.7 Å². The number of benzene rings is 8. The minimum absolute atomic E-state index is 0.0508. The van der Waals surface area contributed by atoms with E-state index in [9.17, 15) is 0 Å². The molecule has 0 N–H and O–H groups in total. The molecule has 0 saturated carbocycles. The van der Waals surface area contributed by atoms with Gasteiger partial charge in [0.1, 0.15) is 0 Å². The first-order valence-corrected chi connectivity index (χ1v) is 43.6. The first-order chi connectivity index (χ1) is 37.6. The third kappa shape index (κ3) is 11.3. The zero-order chi connectivity index (χ0) is 57.3. The Kier molecular flexibility index (Phi) is 15.3. The molecular weight excluding hydrogens is 1060 g/mol. The van der Waals surface area contributed by atoms with Gasteiger partial charge < -0.3 is 0 Å². The Morgan fingerprint density at radius 2 is 0.600 bits per heavy atom. The van der Waals surface area contributed by atoms with Crippen molar-refractivity contribution >= 4 is 19.0 Å². The van der Waals surface area contributed by atoms with E-state index in [4.69, 9.17) is 0 Å². The van der Waals surface area contributed by atoms with Crippen LogP contribution in [0.5, 0.6) is 0 Å². The molecule has 4 unspecified atom stereocenters. The minimum atomic E-state index is -4.59. The van der Waals surface area contributed by atoms with Crippen LogP contribution in [0.2, 0.25) is 9.26 Å². The Hall–Kier alpha value is -5.66. The van der Waals surface area contributed by atoms with Gasteiger partial charge in [0.15, 0.2) is 0 Å². The molecule has 0 amide bonds. The van der Waals surface area contributed by atoms with Gasteiger partial charge in [-0.15, -0.1) is 0 Å². The van der Waals surface area contributed by atoms with E-state index in [1.54, 1.807) is 22.3 Å². The maximum absolute atomic E-state index is 4.59. The summed E-state index contributed by atoms with van der Waals surface area (Å²) in [6, 6.07) is 71.2. The van der Waals surface area contributed by atoms with E-state index in [1.165, 1.54) is 89.0 Å². The molecule has 0 saturated heterocycles. The fraction of sp³-hybridized carbons (Fsp3) is 0.333. The van der Waals surface area contributed by atoms with Crippen LogP contribution < -0.4 is 0 Å². The van der Waals surface area contributed by atoms with Gasteiger partial charge in [0.25, 0.3) is 0 Å². The van der Waals surface area contributed by atoms with E-state index < -0.39 is 17.4 Å². The molecule has 0 spiro atoms. The molecule has 8 aromatic rings. The molecule has 2 aliphatic carbocycles. The maximum atomic E-state index is 2.90. The third-order valence-corrected chi connectivity index (χ3v) is 35.9. The molecule has 0 aromatic heterocycles.